The number of alkyl halides is 3. The number of nitrogens with zero attached hydrogens (tertiary/aromatic N) is 3. The number of nitrogens with one attached hydrogen (secondary N) is 2. The van der Waals surface area contributed by atoms with Crippen LogP contribution in [0.15, 0.2) is 41.7 Å². The molecule has 2 N–H and O–H groups in total. The summed E-state index contributed by atoms with van der Waals surface area (Å²) >= 11 is 0. The van der Waals surface area contributed by atoms with Gasteiger partial charge in [-0.1, -0.05) is 0 Å². The highest BCUT2D eigenvalue weighted by Gasteiger charge is 2.34. The first kappa shape index (κ1) is 18.1. The third-order valence-electron chi connectivity index (χ3n) is 4.93. The average Bonchev–Trinajstić information content (AvgIpc) is 3.30. The van der Waals surface area contributed by atoms with Gasteiger partial charge in [0, 0.05) is 28.2 Å². The molecule has 30 heavy (non-hydrogen) atoms. The highest BCUT2D eigenvalue weighted by Crippen LogP contribution is 2.43. The molecule has 148 valence electrons. The fraction of sp³-hybridized carbons (Fsp3) is 0.0500. The van der Waals surface area contributed by atoms with Gasteiger partial charge in [-0.05, 0) is 24.3 Å². The van der Waals surface area contributed by atoms with Gasteiger partial charge in [-0.15, -0.1) is 0 Å². The summed E-state index contributed by atoms with van der Waals surface area (Å²) in [5, 5.41) is 15.8. The van der Waals surface area contributed by atoms with Crippen LogP contribution in [0.3, 0.4) is 0 Å². The molecule has 0 amide bonds. The minimum atomic E-state index is -4.61. The van der Waals surface area contributed by atoms with Crippen molar-refractivity contribution < 1.29 is 22.0 Å². The Morgan fingerprint density at radius 2 is 1.87 bits per heavy atom. The number of aromatic amines is 2. The molecule has 2 aromatic heterocycles. The largest absolute Gasteiger partial charge is 0.416 e. The zero-order chi connectivity index (χ0) is 21.2. The van der Waals surface area contributed by atoms with Crippen LogP contribution >= 0.6 is 0 Å². The monoisotopic (exact) mass is 413 g/mol. The molecule has 0 unspecified atom stereocenters. The second-order valence-electron chi connectivity index (χ2n) is 6.63. The second-order valence-corrected chi connectivity index (χ2v) is 6.63. The van der Waals surface area contributed by atoms with Crippen LogP contribution in [-0.4, -0.2) is 20.9 Å². The number of hydrogen-bond acceptors (Lipinski definition) is 3. The molecule has 0 fully saturated rings. The average molecular weight is 413 g/mol. The first-order valence-electron chi connectivity index (χ1n) is 8.53. The maximum absolute atomic E-state index is 14.9. The van der Waals surface area contributed by atoms with Crippen molar-refractivity contribution in [3.8, 4) is 17.3 Å². The van der Waals surface area contributed by atoms with Crippen LogP contribution in [-0.2, 0) is 6.18 Å². The van der Waals surface area contributed by atoms with Gasteiger partial charge >= 0.3 is 6.18 Å². The van der Waals surface area contributed by atoms with Gasteiger partial charge in [-0.2, -0.15) is 23.5 Å². The molecule has 0 radical (unpaired) electrons. The van der Waals surface area contributed by atoms with Crippen molar-refractivity contribution in [1.82, 2.24) is 15.2 Å². The lowest BCUT2D eigenvalue weighted by Gasteiger charge is -2.11. The van der Waals surface area contributed by atoms with Gasteiger partial charge in [-0.3, -0.25) is 5.10 Å². The summed E-state index contributed by atoms with van der Waals surface area (Å²) in [4.78, 5) is 7.03. The molecule has 5 nitrogen and oxygen atoms in total. The van der Waals surface area contributed by atoms with E-state index in [1.54, 1.807) is 6.07 Å². The topological polar surface area (TPSA) is 80.6 Å². The summed E-state index contributed by atoms with van der Waals surface area (Å²) < 4.78 is 69.8. The number of aromatic nitrogens is 3. The van der Waals surface area contributed by atoms with Crippen LogP contribution in [0, 0.1) is 23.0 Å². The molecule has 4 aromatic rings. The Hall–Kier alpha value is -4.00. The summed E-state index contributed by atoms with van der Waals surface area (Å²) in [5.74, 6) is -2.06. The molecule has 0 saturated carbocycles. The van der Waals surface area contributed by atoms with E-state index in [2.05, 4.69) is 20.2 Å². The molecule has 5 rings (SSSR count). The number of rotatable bonds is 1. The molecule has 1 aliphatic heterocycles. The molecule has 10 heteroatoms. The van der Waals surface area contributed by atoms with Crippen molar-refractivity contribution in [3.05, 3.63) is 70.5 Å². The van der Waals surface area contributed by atoms with Gasteiger partial charge in [0.25, 0.3) is 0 Å². The van der Waals surface area contributed by atoms with Crippen LogP contribution in [0.5, 0.6) is 0 Å². The second kappa shape index (κ2) is 6.00. The standard InChI is InChI=1S/C20H8F5N5/c21-12-2-1-8(5-26)17(22)16(12)19-11-6-27-13-4-9(20(23,24)25)3-10(15(11)13)18-14(29-19)7-28-30-18/h1-4,6-7,27H,(H,28,30). The van der Waals surface area contributed by atoms with Gasteiger partial charge < -0.3 is 4.98 Å². The van der Waals surface area contributed by atoms with Crippen LogP contribution in [0.4, 0.5) is 27.6 Å². The maximum Gasteiger partial charge on any atom is 0.416 e. The zero-order valence-corrected chi connectivity index (χ0v) is 14.7. The number of hydrogen-bond donors (Lipinski definition) is 2. The van der Waals surface area contributed by atoms with E-state index in [9.17, 15) is 22.0 Å². The maximum atomic E-state index is 14.9. The number of halogens is 5. The van der Waals surface area contributed by atoms with Crippen LogP contribution in [0.2, 0.25) is 0 Å². The highest BCUT2D eigenvalue weighted by atomic mass is 19.4. The van der Waals surface area contributed by atoms with Gasteiger partial charge in [0.1, 0.15) is 17.6 Å². The fourth-order valence-corrected chi connectivity index (χ4v) is 3.61. The third kappa shape index (κ3) is 2.45. The summed E-state index contributed by atoms with van der Waals surface area (Å²) in [6, 6.07) is 5.45. The number of fused-ring (bicyclic) bond motifs is 2. The van der Waals surface area contributed by atoms with E-state index in [0.717, 1.165) is 24.3 Å². The van der Waals surface area contributed by atoms with E-state index >= 15 is 0 Å². The Balaban J connectivity index is 1.90. The minimum absolute atomic E-state index is 0.113. The van der Waals surface area contributed by atoms with Crippen molar-refractivity contribution in [2.45, 2.75) is 6.18 Å². The quantitative estimate of drug-likeness (QED) is 0.370. The summed E-state index contributed by atoms with van der Waals surface area (Å²) in [6.07, 6.45) is -2.02. The van der Waals surface area contributed by atoms with Gasteiger partial charge in [-0.25, -0.2) is 13.8 Å². The molecule has 1 aliphatic rings. The smallest absolute Gasteiger partial charge is 0.360 e. The van der Waals surface area contributed by atoms with E-state index in [4.69, 9.17) is 5.26 Å². The Morgan fingerprint density at radius 3 is 2.60 bits per heavy atom. The number of H-pyrrole nitrogens is 2. The third-order valence-corrected chi connectivity index (χ3v) is 4.93. The molecular weight excluding hydrogens is 405 g/mol. The zero-order valence-electron chi connectivity index (χ0n) is 14.7. The lowest BCUT2D eigenvalue weighted by molar-refractivity contribution is -0.137. The van der Waals surface area contributed by atoms with E-state index < -0.39 is 28.9 Å². The molecule has 0 atom stereocenters. The molecule has 0 saturated heterocycles. The molecule has 0 bridgehead atoms. The SMILES string of the molecule is N#Cc1ccc(F)c(C2=Nc3cn[nH]c3-c3cc(C(F)(F)F)cc4[nH]cc2c34)c1F. The first-order valence-corrected chi connectivity index (χ1v) is 8.53. The summed E-state index contributed by atoms with van der Waals surface area (Å²) in [6.45, 7) is 0. The van der Waals surface area contributed by atoms with Crippen molar-refractivity contribution >= 4 is 22.3 Å². The molecular formula is C20H8F5N5. The molecule has 0 aliphatic carbocycles. The van der Waals surface area contributed by atoms with Crippen molar-refractivity contribution in [2.24, 2.45) is 4.99 Å². The Kier molecular flexibility index (Phi) is 3.61. The van der Waals surface area contributed by atoms with Gasteiger partial charge in [0.2, 0.25) is 0 Å². The van der Waals surface area contributed by atoms with Gasteiger partial charge in [0.15, 0.2) is 5.82 Å². The predicted octanol–water partition coefficient (Wildman–Crippen LogP) is 5.21. The minimum Gasteiger partial charge on any atom is -0.360 e. The van der Waals surface area contributed by atoms with Crippen LogP contribution < -0.4 is 0 Å². The number of aliphatic imine (C=N–C) groups is 1. The van der Waals surface area contributed by atoms with Crippen LogP contribution in [0.1, 0.15) is 22.3 Å². The normalized spacial score (nSPS) is 13.0. The van der Waals surface area contributed by atoms with Gasteiger partial charge in [0.05, 0.1) is 34.3 Å². The fourth-order valence-electron chi connectivity index (χ4n) is 3.61. The van der Waals surface area contributed by atoms with E-state index in [0.29, 0.717) is 5.39 Å². The Labute approximate surface area is 164 Å². The van der Waals surface area contributed by atoms with E-state index in [-0.39, 0.29) is 39.3 Å². The number of benzene rings is 2. The summed E-state index contributed by atoms with van der Waals surface area (Å²) in [5.41, 5.74) is -1.24. The number of nitriles is 1. The first-order chi connectivity index (χ1) is 14.3. The van der Waals surface area contributed by atoms with Crippen molar-refractivity contribution in [1.29, 1.82) is 5.26 Å². The lowest BCUT2D eigenvalue weighted by Crippen LogP contribution is -2.10. The van der Waals surface area contributed by atoms with E-state index in [1.807, 2.05) is 0 Å². The van der Waals surface area contributed by atoms with Crippen molar-refractivity contribution in [3.63, 3.8) is 0 Å². The van der Waals surface area contributed by atoms with E-state index in [1.165, 1.54) is 12.4 Å². The molecule has 2 aromatic carbocycles. The summed E-state index contributed by atoms with van der Waals surface area (Å²) in [7, 11) is 0. The highest BCUT2D eigenvalue weighted by molar-refractivity contribution is 6.24. The Morgan fingerprint density at radius 1 is 1.07 bits per heavy atom. The lowest BCUT2D eigenvalue weighted by atomic mass is 9.95. The van der Waals surface area contributed by atoms with Crippen molar-refractivity contribution in [2.75, 3.05) is 0 Å². The van der Waals surface area contributed by atoms with Crippen LogP contribution in [0.25, 0.3) is 22.2 Å². The molecule has 3 heterocycles. The Bertz CT molecular complexity index is 1420. The predicted molar refractivity (Wildman–Crippen MR) is 97.3 cm³/mol. The molecule has 0 spiro atoms.